The third-order valence-corrected chi connectivity index (χ3v) is 4.99. The van der Waals surface area contributed by atoms with Crippen molar-refractivity contribution in [1.29, 1.82) is 0 Å². The quantitative estimate of drug-likeness (QED) is 0.743. The van der Waals surface area contributed by atoms with Crippen molar-refractivity contribution in [1.82, 2.24) is 19.9 Å². The van der Waals surface area contributed by atoms with Crippen LogP contribution in [0.1, 0.15) is 42.9 Å². The van der Waals surface area contributed by atoms with Gasteiger partial charge in [0.05, 0.1) is 12.1 Å². The molecule has 0 aliphatic rings. The van der Waals surface area contributed by atoms with Gasteiger partial charge in [-0.25, -0.2) is 13.9 Å². The molecule has 0 unspecified atom stereocenters. The third kappa shape index (κ3) is 3.70. The molecule has 1 amide bonds. The lowest BCUT2D eigenvalue weighted by Gasteiger charge is -2.14. The van der Waals surface area contributed by atoms with Gasteiger partial charge >= 0.3 is 0 Å². The lowest BCUT2D eigenvalue weighted by atomic mass is 10.0. The number of benzene rings is 1. The van der Waals surface area contributed by atoms with Crippen LogP contribution in [0.2, 0.25) is 0 Å². The molecule has 0 spiro atoms. The van der Waals surface area contributed by atoms with Crippen molar-refractivity contribution in [3.8, 4) is 11.1 Å². The molecule has 0 fully saturated rings. The summed E-state index contributed by atoms with van der Waals surface area (Å²) in [5.41, 5.74) is 5.89. The number of hydrogen-bond donors (Lipinski definition) is 1. The molecule has 1 N–H and O–H groups in total. The van der Waals surface area contributed by atoms with E-state index in [9.17, 15) is 9.18 Å². The summed E-state index contributed by atoms with van der Waals surface area (Å²) in [6.07, 6.45) is 1.16. The number of aryl methyl sites for hydroxylation is 3. The van der Waals surface area contributed by atoms with Crippen molar-refractivity contribution in [2.45, 2.75) is 53.5 Å². The molecule has 3 rings (SSSR count). The Morgan fingerprint density at radius 2 is 1.85 bits per heavy atom. The average molecular weight is 368 g/mol. The number of carbonyl (C=O) groups is 1. The lowest BCUT2D eigenvalue weighted by Crippen LogP contribution is -2.33. The van der Waals surface area contributed by atoms with Crippen molar-refractivity contribution in [2.75, 3.05) is 0 Å². The average Bonchev–Trinajstić information content (AvgIpc) is 2.95. The molecule has 3 aromatic rings. The number of nitrogens with one attached hydrogen (secondary N) is 1. The summed E-state index contributed by atoms with van der Waals surface area (Å²) in [5.74, 6) is -0.290. The van der Waals surface area contributed by atoms with Crippen LogP contribution in [0.3, 0.4) is 0 Å². The molecule has 2 aromatic heterocycles. The van der Waals surface area contributed by atoms with Gasteiger partial charge in [0.15, 0.2) is 5.65 Å². The minimum absolute atomic E-state index is 0.0145. The number of halogens is 1. The highest BCUT2D eigenvalue weighted by Gasteiger charge is 2.19. The van der Waals surface area contributed by atoms with Gasteiger partial charge in [-0.05, 0) is 51.8 Å². The van der Waals surface area contributed by atoms with Crippen LogP contribution >= 0.6 is 0 Å². The maximum Gasteiger partial charge on any atom is 0.224 e. The zero-order valence-corrected chi connectivity index (χ0v) is 16.4. The Hall–Kier alpha value is -2.76. The molecule has 0 saturated heterocycles. The molecule has 0 saturated carbocycles. The van der Waals surface area contributed by atoms with Crippen LogP contribution in [0.5, 0.6) is 0 Å². The van der Waals surface area contributed by atoms with E-state index in [0.717, 1.165) is 45.8 Å². The summed E-state index contributed by atoms with van der Waals surface area (Å²) in [4.78, 5) is 17.1. The van der Waals surface area contributed by atoms with E-state index < -0.39 is 0 Å². The van der Waals surface area contributed by atoms with Crippen molar-refractivity contribution < 1.29 is 9.18 Å². The van der Waals surface area contributed by atoms with Gasteiger partial charge < -0.3 is 5.32 Å². The molecule has 1 aromatic carbocycles. The van der Waals surface area contributed by atoms with Crippen LogP contribution in [0, 0.1) is 26.6 Å². The molecule has 27 heavy (non-hydrogen) atoms. The van der Waals surface area contributed by atoms with E-state index in [-0.39, 0.29) is 24.2 Å². The Bertz CT molecular complexity index is 992. The first kappa shape index (κ1) is 19.0. The monoisotopic (exact) mass is 368 g/mol. The van der Waals surface area contributed by atoms with Crippen molar-refractivity contribution >= 4 is 11.6 Å². The Labute approximate surface area is 158 Å². The highest BCUT2D eigenvalue weighted by molar-refractivity contribution is 5.82. The predicted molar refractivity (Wildman–Crippen MR) is 104 cm³/mol. The van der Waals surface area contributed by atoms with Crippen LogP contribution < -0.4 is 5.32 Å². The van der Waals surface area contributed by atoms with E-state index in [1.165, 1.54) is 12.1 Å². The fraction of sp³-hybridized carbons (Fsp3) is 0.381. The van der Waals surface area contributed by atoms with Crippen molar-refractivity contribution in [3.63, 3.8) is 0 Å². The summed E-state index contributed by atoms with van der Waals surface area (Å²) in [7, 11) is 0. The number of fused-ring (bicyclic) bond motifs is 1. The fourth-order valence-corrected chi connectivity index (χ4v) is 3.27. The van der Waals surface area contributed by atoms with Gasteiger partial charge in [0, 0.05) is 28.6 Å². The van der Waals surface area contributed by atoms with E-state index in [2.05, 4.69) is 10.4 Å². The molecule has 6 heteroatoms. The molecule has 0 aliphatic heterocycles. The summed E-state index contributed by atoms with van der Waals surface area (Å²) >= 11 is 0. The van der Waals surface area contributed by atoms with Crippen molar-refractivity contribution in [3.05, 3.63) is 52.7 Å². The second-order valence-corrected chi connectivity index (χ2v) is 7.02. The highest BCUT2D eigenvalue weighted by atomic mass is 19.1. The highest BCUT2D eigenvalue weighted by Crippen LogP contribution is 2.29. The molecule has 0 radical (unpaired) electrons. The van der Waals surface area contributed by atoms with E-state index in [4.69, 9.17) is 4.98 Å². The molecule has 0 bridgehead atoms. The normalized spacial score (nSPS) is 12.4. The molecular weight excluding hydrogens is 343 g/mol. The number of aromatic nitrogens is 3. The Morgan fingerprint density at radius 3 is 2.48 bits per heavy atom. The van der Waals surface area contributed by atoms with Gasteiger partial charge in [0.2, 0.25) is 5.91 Å². The third-order valence-electron chi connectivity index (χ3n) is 4.99. The maximum atomic E-state index is 13.3. The minimum Gasteiger partial charge on any atom is -0.353 e. The van der Waals surface area contributed by atoms with Crippen LogP contribution in [0.4, 0.5) is 4.39 Å². The number of carbonyl (C=O) groups excluding carboxylic acids is 1. The molecule has 2 heterocycles. The van der Waals surface area contributed by atoms with Crippen LogP contribution in [0.25, 0.3) is 16.8 Å². The molecule has 1 atom stereocenters. The first-order chi connectivity index (χ1) is 12.8. The van der Waals surface area contributed by atoms with E-state index in [1.54, 1.807) is 16.6 Å². The Morgan fingerprint density at radius 1 is 1.19 bits per heavy atom. The zero-order valence-electron chi connectivity index (χ0n) is 16.4. The predicted octanol–water partition coefficient (Wildman–Crippen LogP) is 3.92. The van der Waals surface area contributed by atoms with E-state index in [1.807, 2.05) is 34.6 Å². The SMILES string of the molecule is CC[C@H](C)NC(=O)Cc1c(C)nc2c(-c3ccc(F)cc3)c(C)nn2c1C. The van der Waals surface area contributed by atoms with Crippen LogP contribution in [-0.4, -0.2) is 26.5 Å². The van der Waals surface area contributed by atoms with Gasteiger partial charge in [-0.2, -0.15) is 5.10 Å². The zero-order chi connectivity index (χ0) is 19.7. The van der Waals surface area contributed by atoms with Crippen LogP contribution in [-0.2, 0) is 11.2 Å². The topological polar surface area (TPSA) is 59.3 Å². The summed E-state index contributed by atoms with van der Waals surface area (Å²) in [6.45, 7) is 9.81. The second kappa shape index (κ2) is 7.47. The van der Waals surface area contributed by atoms with Gasteiger partial charge in [0.25, 0.3) is 0 Å². The van der Waals surface area contributed by atoms with Gasteiger partial charge in [-0.1, -0.05) is 19.1 Å². The molecule has 142 valence electrons. The second-order valence-electron chi connectivity index (χ2n) is 7.02. The Kier molecular flexibility index (Phi) is 5.26. The largest absolute Gasteiger partial charge is 0.353 e. The number of rotatable bonds is 5. The molecule has 0 aliphatic carbocycles. The number of nitrogens with zero attached hydrogens (tertiary/aromatic N) is 3. The summed E-state index contributed by atoms with van der Waals surface area (Å²) in [5, 5.41) is 7.62. The summed E-state index contributed by atoms with van der Waals surface area (Å²) < 4.78 is 15.1. The Balaban J connectivity index is 2.06. The number of hydrogen-bond acceptors (Lipinski definition) is 3. The first-order valence-corrected chi connectivity index (χ1v) is 9.22. The van der Waals surface area contributed by atoms with E-state index >= 15 is 0 Å². The smallest absolute Gasteiger partial charge is 0.224 e. The summed E-state index contributed by atoms with van der Waals surface area (Å²) in [6, 6.07) is 6.49. The minimum atomic E-state index is -0.275. The van der Waals surface area contributed by atoms with Crippen molar-refractivity contribution in [2.24, 2.45) is 0 Å². The number of amides is 1. The standard InChI is InChI=1S/C21H25FN4O/c1-6-12(2)23-19(27)11-18-13(3)24-21-20(14(4)25-26(21)15(18)5)16-7-9-17(22)10-8-16/h7-10,12H,6,11H2,1-5H3,(H,23,27)/t12-/m0/s1. The van der Waals surface area contributed by atoms with Crippen LogP contribution in [0.15, 0.2) is 24.3 Å². The lowest BCUT2D eigenvalue weighted by molar-refractivity contribution is -0.121. The maximum absolute atomic E-state index is 13.3. The van der Waals surface area contributed by atoms with Gasteiger partial charge in [-0.3, -0.25) is 4.79 Å². The van der Waals surface area contributed by atoms with Gasteiger partial charge in [0.1, 0.15) is 5.82 Å². The van der Waals surface area contributed by atoms with Gasteiger partial charge in [-0.15, -0.1) is 0 Å². The fourth-order valence-electron chi connectivity index (χ4n) is 3.27. The first-order valence-electron chi connectivity index (χ1n) is 9.22. The molecular formula is C21H25FN4O. The molecule has 5 nitrogen and oxygen atoms in total. The van der Waals surface area contributed by atoms with E-state index in [0.29, 0.717) is 0 Å².